The molecule has 122 valence electrons. The van der Waals surface area contributed by atoms with Crippen LogP contribution in [0, 0.1) is 0 Å². The van der Waals surface area contributed by atoms with Crippen LogP contribution >= 0.6 is 0 Å². The van der Waals surface area contributed by atoms with Crippen LogP contribution in [0.4, 0.5) is 0 Å². The maximum Gasteiger partial charge on any atom is 0.191 e. The van der Waals surface area contributed by atoms with Crippen LogP contribution in [-0.4, -0.2) is 31.8 Å². The molecule has 2 N–H and O–H groups in total. The van der Waals surface area contributed by atoms with Crippen LogP contribution in [0.25, 0.3) is 0 Å². The minimum Gasteiger partial charge on any atom is -0.494 e. The van der Waals surface area contributed by atoms with Gasteiger partial charge in [0.2, 0.25) is 0 Å². The highest BCUT2D eigenvalue weighted by Gasteiger charge is 2.21. The van der Waals surface area contributed by atoms with Gasteiger partial charge in [-0.3, -0.25) is 4.99 Å². The van der Waals surface area contributed by atoms with Crippen molar-refractivity contribution in [3.05, 3.63) is 23.3 Å². The van der Waals surface area contributed by atoms with E-state index in [0.29, 0.717) is 19.2 Å². The molecule has 1 aliphatic rings. The lowest BCUT2D eigenvalue weighted by molar-refractivity contribution is 0.254. The van der Waals surface area contributed by atoms with E-state index in [2.05, 4.69) is 48.5 Å². The summed E-state index contributed by atoms with van der Waals surface area (Å²) in [5.74, 6) is 2.68. The van der Waals surface area contributed by atoms with Crippen molar-refractivity contribution in [3.8, 4) is 11.5 Å². The second kappa shape index (κ2) is 7.38. The quantitative estimate of drug-likeness (QED) is 0.648. The van der Waals surface area contributed by atoms with Crippen LogP contribution in [-0.2, 0) is 13.0 Å². The zero-order valence-electron chi connectivity index (χ0n) is 14.2. The Balaban J connectivity index is 2.14. The molecule has 22 heavy (non-hydrogen) atoms. The van der Waals surface area contributed by atoms with Gasteiger partial charge in [-0.05, 0) is 39.8 Å². The van der Waals surface area contributed by atoms with E-state index in [4.69, 9.17) is 9.47 Å². The molecule has 1 unspecified atom stereocenters. The summed E-state index contributed by atoms with van der Waals surface area (Å²) in [6, 6.07) is 4.53. The van der Waals surface area contributed by atoms with E-state index in [9.17, 15) is 0 Å². The summed E-state index contributed by atoms with van der Waals surface area (Å²) in [6.07, 6.45) is 1.18. The lowest BCUT2D eigenvalue weighted by Gasteiger charge is -2.17. The number of nitrogens with zero attached hydrogens (tertiary/aromatic N) is 1. The van der Waals surface area contributed by atoms with Crippen molar-refractivity contribution in [2.45, 2.75) is 52.8 Å². The van der Waals surface area contributed by atoms with Crippen molar-refractivity contribution in [2.75, 3.05) is 13.7 Å². The summed E-state index contributed by atoms with van der Waals surface area (Å²) >= 11 is 0. The number of guanidine groups is 1. The molecule has 0 amide bonds. The largest absolute Gasteiger partial charge is 0.494 e. The number of hydrogen-bond acceptors (Lipinski definition) is 3. The Bertz CT molecular complexity index is 541. The molecule has 5 nitrogen and oxygen atoms in total. The van der Waals surface area contributed by atoms with Crippen molar-refractivity contribution in [3.63, 3.8) is 0 Å². The number of hydrogen-bond donors (Lipinski definition) is 2. The summed E-state index contributed by atoms with van der Waals surface area (Å²) in [5.41, 5.74) is 2.31. The molecule has 0 bridgehead atoms. The number of benzene rings is 1. The zero-order valence-corrected chi connectivity index (χ0v) is 14.2. The average molecular weight is 305 g/mol. The van der Waals surface area contributed by atoms with Crippen LogP contribution in [0.3, 0.4) is 0 Å². The van der Waals surface area contributed by atoms with Gasteiger partial charge in [0.05, 0.1) is 6.61 Å². The van der Waals surface area contributed by atoms with Gasteiger partial charge in [0.1, 0.15) is 17.6 Å². The second-order valence-corrected chi connectivity index (χ2v) is 5.86. The molecule has 0 fully saturated rings. The Hall–Kier alpha value is -1.91. The third kappa shape index (κ3) is 4.06. The van der Waals surface area contributed by atoms with Crippen LogP contribution in [0.15, 0.2) is 17.1 Å². The highest BCUT2D eigenvalue weighted by atomic mass is 16.5. The Kier molecular flexibility index (Phi) is 5.52. The summed E-state index contributed by atoms with van der Waals surface area (Å²) in [4.78, 5) is 4.23. The number of nitrogens with one attached hydrogen (secondary N) is 2. The zero-order chi connectivity index (χ0) is 16.1. The molecule has 5 heteroatoms. The first-order valence-electron chi connectivity index (χ1n) is 7.95. The molecule has 1 aliphatic heterocycles. The normalized spacial score (nSPS) is 17.2. The van der Waals surface area contributed by atoms with Crippen molar-refractivity contribution in [2.24, 2.45) is 4.99 Å². The van der Waals surface area contributed by atoms with Crippen LogP contribution in [0.2, 0.25) is 0 Å². The average Bonchev–Trinajstić information content (AvgIpc) is 2.82. The fraction of sp³-hybridized carbons (Fsp3) is 0.588. The van der Waals surface area contributed by atoms with E-state index in [1.165, 1.54) is 5.56 Å². The van der Waals surface area contributed by atoms with Crippen molar-refractivity contribution in [1.29, 1.82) is 0 Å². The molecule has 0 saturated carbocycles. The maximum atomic E-state index is 5.85. The maximum absolute atomic E-state index is 5.85. The lowest BCUT2D eigenvalue weighted by Crippen LogP contribution is -2.40. The van der Waals surface area contributed by atoms with Gasteiger partial charge in [-0.15, -0.1) is 0 Å². The van der Waals surface area contributed by atoms with Gasteiger partial charge in [-0.2, -0.15) is 0 Å². The summed E-state index contributed by atoms with van der Waals surface area (Å²) < 4.78 is 11.6. The Morgan fingerprint density at radius 3 is 2.86 bits per heavy atom. The minimum atomic E-state index is 0.239. The van der Waals surface area contributed by atoms with Crippen molar-refractivity contribution >= 4 is 5.96 Å². The standard InChI is InChI=1S/C17H27N3O2/c1-6-21-15-8-13-7-12(4)22-16(13)9-14(15)10-19-17(18-5)20-11(2)3/h8-9,11-12H,6-7,10H2,1-5H3,(H2,18,19,20). The smallest absolute Gasteiger partial charge is 0.191 e. The van der Waals surface area contributed by atoms with E-state index < -0.39 is 0 Å². The van der Waals surface area contributed by atoms with Crippen molar-refractivity contribution < 1.29 is 9.47 Å². The molecular formula is C17H27N3O2. The molecule has 2 rings (SSSR count). The Morgan fingerprint density at radius 2 is 2.23 bits per heavy atom. The fourth-order valence-corrected chi connectivity index (χ4v) is 2.56. The molecule has 0 aromatic heterocycles. The van der Waals surface area contributed by atoms with Crippen molar-refractivity contribution in [1.82, 2.24) is 10.6 Å². The van der Waals surface area contributed by atoms with E-state index in [-0.39, 0.29) is 6.10 Å². The number of rotatable bonds is 5. The number of ether oxygens (including phenoxy) is 2. The van der Waals surface area contributed by atoms with Crippen LogP contribution < -0.4 is 20.1 Å². The third-order valence-electron chi connectivity index (χ3n) is 3.47. The summed E-state index contributed by atoms with van der Waals surface area (Å²) in [6.45, 7) is 9.57. The summed E-state index contributed by atoms with van der Waals surface area (Å²) in [7, 11) is 1.77. The predicted molar refractivity (Wildman–Crippen MR) is 89.9 cm³/mol. The predicted octanol–water partition coefficient (Wildman–Crippen LogP) is 2.48. The first-order chi connectivity index (χ1) is 10.5. The second-order valence-electron chi connectivity index (χ2n) is 5.86. The molecule has 0 spiro atoms. The van der Waals surface area contributed by atoms with Gasteiger partial charge in [-0.25, -0.2) is 0 Å². The van der Waals surface area contributed by atoms with Gasteiger partial charge in [0.15, 0.2) is 5.96 Å². The SMILES string of the molecule is CCOc1cc2c(cc1CNC(=NC)NC(C)C)OC(C)C2. The van der Waals surface area contributed by atoms with E-state index in [1.54, 1.807) is 7.05 Å². The van der Waals surface area contributed by atoms with E-state index >= 15 is 0 Å². The lowest BCUT2D eigenvalue weighted by atomic mass is 10.1. The molecule has 1 heterocycles. The van der Waals surface area contributed by atoms with Crippen LogP contribution in [0.5, 0.6) is 11.5 Å². The van der Waals surface area contributed by atoms with Gasteiger partial charge < -0.3 is 20.1 Å². The number of aliphatic imine (C=N–C) groups is 1. The van der Waals surface area contributed by atoms with Gasteiger partial charge in [0, 0.05) is 37.2 Å². The molecule has 0 saturated heterocycles. The van der Waals surface area contributed by atoms with Gasteiger partial charge in [0.25, 0.3) is 0 Å². The summed E-state index contributed by atoms with van der Waals surface area (Å²) in [5, 5.41) is 6.60. The topological polar surface area (TPSA) is 54.9 Å². The first kappa shape index (κ1) is 16.5. The molecule has 0 aliphatic carbocycles. The molecular weight excluding hydrogens is 278 g/mol. The first-order valence-corrected chi connectivity index (χ1v) is 7.95. The molecule has 1 aromatic carbocycles. The monoisotopic (exact) mass is 305 g/mol. The third-order valence-corrected chi connectivity index (χ3v) is 3.47. The Morgan fingerprint density at radius 1 is 1.45 bits per heavy atom. The van der Waals surface area contributed by atoms with E-state index in [0.717, 1.165) is 29.4 Å². The fourth-order valence-electron chi connectivity index (χ4n) is 2.56. The molecule has 0 radical (unpaired) electrons. The molecule has 1 atom stereocenters. The van der Waals surface area contributed by atoms with Gasteiger partial charge in [-0.1, -0.05) is 0 Å². The van der Waals surface area contributed by atoms with Crippen LogP contribution in [0.1, 0.15) is 38.8 Å². The highest BCUT2D eigenvalue weighted by molar-refractivity contribution is 5.80. The highest BCUT2D eigenvalue weighted by Crippen LogP contribution is 2.35. The minimum absolute atomic E-state index is 0.239. The Labute approximate surface area is 133 Å². The molecule has 1 aromatic rings. The van der Waals surface area contributed by atoms with E-state index in [1.807, 2.05) is 6.92 Å². The number of fused-ring (bicyclic) bond motifs is 1. The van der Waals surface area contributed by atoms with Gasteiger partial charge >= 0.3 is 0 Å².